The number of hydrogen-bond donors (Lipinski definition) is 2. The summed E-state index contributed by atoms with van der Waals surface area (Å²) in [5.41, 5.74) is 0. The van der Waals surface area contributed by atoms with E-state index in [0.717, 1.165) is 26.2 Å². The van der Waals surface area contributed by atoms with Gasteiger partial charge in [0.05, 0.1) is 13.2 Å². The minimum absolute atomic E-state index is 0.0281. The maximum absolute atomic E-state index is 11.6. The third-order valence-electron chi connectivity index (χ3n) is 3.25. The Kier molecular flexibility index (Phi) is 8.07. The summed E-state index contributed by atoms with van der Waals surface area (Å²) in [4.78, 5) is 17.5. The normalized spacial score (nSPS) is 20.2. The van der Waals surface area contributed by atoms with Gasteiger partial charge in [0.2, 0.25) is 5.91 Å². The molecule has 1 heterocycles. The molecule has 0 bridgehead atoms. The van der Waals surface area contributed by atoms with Crippen molar-refractivity contribution in [3.8, 4) is 0 Å². The summed E-state index contributed by atoms with van der Waals surface area (Å²) in [7, 11) is 5.11. The first-order valence-electron chi connectivity index (χ1n) is 7.34. The van der Waals surface area contributed by atoms with Crippen molar-refractivity contribution in [2.45, 2.75) is 19.4 Å². The van der Waals surface area contributed by atoms with E-state index in [1.54, 1.807) is 21.2 Å². The van der Waals surface area contributed by atoms with E-state index in [1.165, 1.54) is 4.90 Å². The molecule has 0 saturated carbocycles. The van der Waals surface area contributed by atoms with Crippen LogP contribution in [-0.4, -0.2) is 76.9 Å². The Morgan fingerprint density at radius 2 is 2.29 bits per heavy atom. The molecular formula is C14H28N4O3. The lowest BCUT2D eigenvalue weighted by atomic mass is 10.1. The van der Waals surface area contributed by atoms with E-state index in [9.17, 15) is 4.79 Å². The lowest BCUT2D eigenvalue weighted by Gasteiger charge is -2.19. The number of nitrogens with zero attached hydrogens (tertiary/aromatic N) is 2. The third kappa shape index (κ3) is 7.29. The first-order chi connectivity index (χ1) is 10.0. The molecule has 1 fully saturated rings. The first kappa shape index (κ1) is 17.7. The van der Waals surface area contributed by atoms with Crippen LogP contribution in [0.25, 0.3) is 0 Å². The smallest absolute Gasteiger partial charge is 0.243 e. The number of carbonyl (C=O) groups is 1. The molecule has 1 aliphatic rings. The predicted molar refractivity (Wildman–Crippen MR) is 82.4 cm³/mol. The van der Waals surface area contributed by atoms with Crippen molar-refractivity contribution >= 4 is 11.9 Å². The number of rotatable bonds is 7. The monoisotopic (exact) mass is 300 g/mol. The summed E-state index contributed by atoms with van der Waals surface area (Å²) in [5.74, 6) is 1.11. The second-order valence-corrected chi connectivity index (χ2v) is 5.56. The van der Waals surface area contributed by atoms with Crippen molar-refractivity contribution in [3.05, 3.63) is 0 Å². The number of aliphatic imine (C=N–C) groups is 1. The van der Waals surface area contributed by atoms with Crippen LogP contribution in [0.5, 0.6) is 0 Å². The van der Waals surface area contributed by atoms with Crippen LogP contribution in [0, 0.1) is 5.92 Å². The maximum Gasteiger partial charge on any atom is 0.243 e. The van der Waals surface area contributed by atoms with Crippen LogP contribution in [0.4, 0.5) is 0 Å². The van der Waals surface area contributed by atoms with E-state index >= 15 is 0 Å². The Balaban J connectivity index is 2.50. The predicted octanol–water partition coefficient (Wildman–Crippen LogP) is -0.319. The molecule has 1 aliphatic heterocycles. The summed E-state index contributed by atoms with van der Waals surface area (Å²) < 4.78 is 10.5. The van der Waals surface area contributed by atoms with Crippen molar-refractivity contribution in [3.63, 3.8) is 0 Å². The van der Waals surface area contributed by atoms with Gasteiger partial charge in [-0.2, -0.15) is 0 Å². The average Bonchev–Trinajstić information content (AvgIpc) is 2.94. The fraction of sp³-hybridized carbons (Fsp3) is 0.857. The van der Waals surface area contributed by atoms with Gasteiger partial charge < -0.3 is 25.0 Å². The van der Waals surface area contributed by atoms with Crippen LogP contribution < -0.4 is 10.6 Å². The molecule has 0 aromatic carbocycles. The van der Waals surface area contributed by atoms with Crippen LogP contribution in [0.1, 0.15) is 13.3 Å². The molecule has 7 heteroatoms. The standard InChI is InChI=1S/C14H28N4O3/c1-11(9-20-4)17-14(16-8-13(19)18(2)3)15-7-12-5-6-21-10-12/h11-12H,5-10H2,1-4H3,(H2,15,16,17). The van der Waals surface area contributed by atoms with E-state index in [1.807, 2.05) is 6.92 Å². The molecule has 1 saturated heterocycles. The highest BCUT2D eigenvalue weighted by molar-refractivity contribution is 5.84. The molecule has 0 aromatic rings. The summed E-state index contributed by atoms with van der Waals surface area (Å²) in [6, 6.07) is 0.121. The number of carbonyl (C=O) groups excluding carboxylic acids is 1. The van der Waals surface area contributed by atoms with Gasteiger partial charge in [-0.1, -0.05) is 0 Å². The van der Waals surface area contributed by atoms with Crippen LogP contribution in [0.3, 0.4) is 0 Å². The number of nitrogens with one attached hydrogen (secondary N) is 2. The van der Waals surface area contributed by atoms with Crippen LogP contribution in [0.15, 0.2) is 4.99 Å². The maximum atomic E-state index is 11.6. The van der Waals surface area contributed by atoms with Crippen LogP contribution >= 0.6 is 0 Å². The highest BCUT2D eigenvalue weighted by Crippen LogP contribution is 2.10. The molecule has 1 rings (SSSR count). The summed E-state index contributed by atoms with van der Waals surface area (Å²) in [5, 5.41) is 6.52. The number of methoxy groups -OCH3 is 1. The number of guanidine groups is 1. The van der Waals surface area contributed by atoms with Gasteiger partial charge in [-0.05, 0) is 13.3 Å². The number of likely N-dealkylation sites (N-methyl/N-ethyl adjacent to an activating group) is 1. The topological polar surface area (TPSA) is 75.2 Å². The molecule has 0 radical (unpaired) electrons. The molecule has 122 valence electrons. The molecule has 21 heavy (non-hydrogen) atoms. The van der Waals surface area contributed by atoms with Gasteiger partial charge in [0.1, 0.15) is 6.54 Å². The van der Waals surface area contributed by atoms with Gasteiger partial charge in [0.15, 0.2) is 5.96 Å². The highest BCUT2D eigenvalue weighted by atomic mass is 16.5. The van der Waals surface area contributed by atoms with Crippen molar-refractivity contribution in [2.75, 3.05) is 54.1 Å². The second-order valence-electron chi connectivity index (χ2n) is 5.56. The van der Waals surface area contributed by atoms with E-state index in [0.29, 0.717) is 18.5 Å². The van der Waals surface area contributed by atoms with Gasteiger partial charge in [-0.25, -0.2) is 4.99 Å². The molecule has 1 amide bonds. The van der Waals surface area contributed by atoms with Gasteiger partial charge in [0, 0.05) is 46.3 Å². The lowest BCUT2D eigenvalue weighted by molar-refractivity contribution is -0.127. The van der Waals surface area contributed by atoms with E-state index in [4.69, 9.17) is 9.47 Å². The zero-order valence-electron chi connectivity index (χ0n) is 13.5. The zero-order valence-corrected chi connectivity index (χ0v) is 13.5. The first-order valence-corrected chi connectivity index (χ1v) is 7.34. The summed E-state index contributed by atoms with van der Waals surface area (Å²) in [6.45, 7) is 5.11. The van der Waals surface area contributed by atoms with Crippen molar-refractivity contribution in [1.29, 1.82) is 0 Å². The fourth-order valence-electron chi connectivity index (χ4n) is 1.95. The Morgan fingerprint density at radius 1 is 1.52 bits per heavy atom. The van der Waals surface area contributed by atoms with Gasteiger partial charge in [-0.15, -0.1) is 0 Å². The van der Waals surface area contributed by atoms with Gasteiger partial charge in [0.25, 0.3) is 0 Å². The number of ether oxygens (including phenoxy) is 2. The van der Waals surface area contributed by atoms with E-state index < -0.39 is 0 Å². The Morgan fingerprint density at radius 3 is 2.86 bits per heavy atom. The Bertz CT molecular complexity index is 341. The highest BCUT2D eigenvalue weighted by Gasteiger charge is 2.16. The minimum atomic E-state index is -0.0281. The zero-order chi connectivity index (χ0) is 15.7. The molecule has 7 nitrogen and oxygen atoms in total. The van der Waals surface area contributed by atoms with Crippen LogP contribution in [0.2, 0.25) is 0 Å². The Labute approximate surface area is 127 Å². The minimum Gasteiger partial charge on any atom is -0.383 e. The number of hydrogen-bond acceptors (Lipinski definition) is 4. The lowest BCUT2D eigenvalue weighted by Crippen LogP contribution is -2.46. The Hall–Kier alpha value is -1.34. The largest absolute Gasteiger partial charge is 0.383 e. The summed E-state index contributed by atoms with van der Waals surface area (Å²) in [6.07, 6.45) is 1.06. The van der Waals surface area contributed by atoms with Crippen molar-refractivity contribution in [2.24, 2.45) is 10.9 Å². The quantitative estimate of drug-likeness (QED) is 0.498. The third-order valence-corrected chi connectivity index (χ3v) is 3.25. The molecule has 2 N–H and O–H groups in total. The summed E-state index contributed by atoms with van der Waals surface area (Å²) >= 11 is 0. The van der Waals surface area contributed by atoms with Crippen LogP contribution in [-0.2, 0) is 14.3 Å². The molecule has 0 aliphatic carbocycles. The number of amides is 1. The van der Waals surface area contributed by atoms with Gasteiger partial charge >= 0.3 is 0 Å². The second kappa shape index (κ2) is 9.57. The van der Waals surface area contributed by atoms with E-state index in [2.05, 4.69) is 15.6 Å². The fourth-order valence-corrected chi connectivity index (χ4v) is 1.95. The SMILES string of the molecule is COCC(C)NC(=NCC(=O)N(C)C)NCC1CCOC1. The molecule has 0 spiro atoms. The average molecular weight is 300 g/mol. The molecule has 0 aromatic heterocycles. The van der Waals surface area contributed by atoms with Crippen molar-refractivity contribution < 1.29 is 14.3 Å². The molecule has 2 unspecified atom stereocenters. The van der Waals surface area contributed by atoms with Gasteiger partial charge in [-0.3, -0.25) is 4.79 Å². The van der Waals surface area contributed by atoms with E-state index in [-0.39, 0.29) is 18.5 Å². The molecule has 2 atom stereocenters. The molecular weight excluding hydrogens is 272 g/mol. The van der Waals surface area contributed by atoms with Crippen molar-refractivity contribution in [1.82, 2.24) is 15.5 Å².